The molecule has 1 aromatic heterocycles. The maximum atomic E-state index is 13.7. The van der Waals surface area contributed by atoms with Crippen LogP contribution in [0.25, 0.3) is 11.1 Å². The van der Waals surface area contributed by atoms with Crippen LogP contribution in [0.5, 0.6) is 0 Å². The number of hydrogen-bond acceptors (Lipinski definition) is 4. The summed E-state index contributed by atoms with van der Waals surface area (Å²) in [4.78, 5) is 11.8. The Balaban J connectivity index is 1.53. The molecule has 0 aliphatic heterocycles. The molecule has 2 atom stereocenters. The predicted molar refractivity (Wildman–Crippen MR) is 131 cm³/mol. The fourth-order valence-electron chi connectivity index (χ4n) is 5.12. The number of nitrogens with one attached hydrogen (secondary N) is 2. The molecule has 5 nitrogen and oxygen atoms in total. The SMILES string of the molecule is CC(=O)N[C@@H](Cc1cc(F)cc(F)c1)[C@H](O)CNC1(c2cccc(-c3ccoc3)c2)CCCCC1. The Morgan fingerprint density at radius 3 is 2.46 bits per heavy atom. The van der Waals surface area contributed by atoms with Gasteiger partial charge in [-0.1, -0.05) is 37.5 Å². The van der Waals surface area contributed by atoms with Gasteiger partial charge in [0.15, 0.2) is 0 Å². The summed E-state index contributed by atoms with van der Waals surface area (Å²) >= 11 is 0. The molecule has 1 heterocycles. The molecular weight excluding hydrogens is 450 g/mol. The molecule has 1 aliphatic carbocycles. The van der Waals surface area contributed by atoms with Crippen molar-refractivity contribution >= 4 is 5.91 Å². The first-order chi connectivity index (χ1) is 16.8. The molecular formula is C28H32F2N2O3. The van der Waals surface area contributed by atoms with Crippen molar-refractivity contribution < 1.29 is 23.1 Å². The lowest BCUT2D eigenvalue weighted by Crippen LogP contribution is -2.53. The summed E-state index contributed by atoms with van der Waals surface area (Å²) in [5.41, 5.74) is 3.27. The highest BCUT2D eigenvalue weighted by Crippen LogP contribution is 2.38. The van der Waals surface area contributed by atoms with E-state index in [2.05, 4.69) is 22.8 Å². The van der Waals surface area contributed by atoms with Crippen LogP contribution in [-0.2, 0) is 16.8 Å². The number of carbonyl (C=O) groups is 1. The van der Waals surface area contributed by atoms with E-state index in [0.29, 0.717) is 5.56 Å². The number of amides is 1. The second-order valence-corrected chi connectivity index (χ2v) is 9.47. The molecule has 3 N–H and O–H groups in total. The van der Waals surface area contributed by atoms with E-state index < -0.39 is 23.8 Å². The molecule has 2 aromatic carbocycles. The predicted octanol–water partition coefficient (Wildman–Crippen LogP) is 5.08. The van der Waals surface area contributed by atoms with Crippen LogP contribution >= 0.6 is 0 Å². The number of hydrogen-bond donors (Lipinski definition) is 3. The minimum Gasteiger partial charge on any atom is -0.472 e. The molecule has 1 saturated carbocycles. The molecule has 35 heavy (non-hydrogen) atoms. The summed E-state index contributed by atoms with van der Waals surface area (Å²) in [6, 6.07) is 12.8. The molecule has 0 spiro atoms. The van der Waals surface area contributed by atoms with E-state index in [0.717, 1.165) is 54.9 Å². The Labute approximate surface area is 204 Å². The van der Waals surface area contributed by atoms with E-state index in [1.165, 1.54) is 19.1 Å². The number of halogens is 2. The van der Waals surface area contributed by atoms with Gasteiger partial charge < -0.3 is 20.2 Å². The van der Waals surface area contributed by atoms with Crippen LogP contribution in [-0.4, -0.2) is 29.7 Å². The van der Waals surface area contributed by atoms with Crippen LogP contribution in [0.15, 0.2) is 65.5 Å². The molecule has 0 unspecified atom stereocenters. The zero-order chi connectivity index (χ0) is 24.8. The van der Waals surface area contributed by atoms with E-state index in [1.807, 2.05) is 18.2 Å². The molecule has 7 heteroatoms. The Morgan fingerprint density at radius 2 is 1.80 bits per heavy atom. The lowest BCUT2D eigenvalue weighted by molar-refractivity contribution is -0.120. The van der Waals surface area contributed by atoms with Crippen molar-refractivity contribution in [3.8, 4) is 11.1 Å². The Kier molecular flexibility index (Phi) is 7.98. The minimum absolute atomic E-state index is 0.111. The molecule has 1 aliphatic rings. The molecule has 4 rings (SSSR count). The van der Waals surface area contributed by atoms with Crippen LogP contribution < -0.4 is 10.6 Å². The zero-order valence-electron chi connectivity index (χ0n) is 19.9. The monoisotopic (exact) mass is 482 g/mol. The Morgan fingerprint density at radius 1 is 1.06 bits per heavy atom. The van der Waals surface area contributed by atoms with Gasteiger partial charge >= 0.3 is 0 Å². The summed E-state index contributed by atoms with van der Waals surface area (Å²) in [5.74, 6) is -1.69. The van der Waals surface area contributed by atoms with Gasteiger partial charge in [-0.05, 0) is 60.2 Å². The van der Waals surface area contributed by atoms with Crippen molar-refractivity contribution in [3.63, 3.8) is 0 Å². The average molecular weight is 483 g/mol. The summed E-state index contributed by atoms with van der Waals surface area (Å²) < 4.78 is 32.6. The van der Waals surface area contributed by atoms with Gasteiger partial charge in [-0.2, -0.15) is 0 Å². The fraction of sp³-hybridized carbons (Fsp3) is 0.393. The average Bonchev–Trinajstić information content (AvgIpc) is 3.37. The smallest absolute Gasteiger partial charge is 0.217 e. The van der Waals surface area contributed by atoms with Crippen molar-refractivity contribution in [3.05, 3.63) is 83.8 Å². The Hall–Kier alpha value is -3.03. The third kappa shape index (κ3) is 6.35. The van der Waals surface area contributed by atoms with Gasteiger partial charge in [-0.15, -0.1) is 0 Å². The standard InChI is InChI=1S/C28H32F2N2O3/c1-19(33)32-26(14-20-12-24(29)16-25(30)13-20)27(34)17-31-28(9-3-2-4-10-28)23-7-5-6-21(15-23)22-8-11-35-18-22/h5-8,11-13,15-16,18,26-27,31,34H,2-4,9-10,14,17H2,1H3,(H,32,33)/t26-,27+/m0/s1. The van der Waals surface area contributed by atoms with Gasteiger partial charge in [-0.25, -0.2) is 8.78 Å². The zero-order valence-corrected chi connectivity index (χ0v) is 19.9. The summed E-state index contributed by atoms with van der Waals surface area (Å²) in [5, 5.41) is 17.4. The van der Waals surface area contributed by atoms with Crippen molar-refractivity contribution in [2.45, 2.75) is 63.1 Å². The summed E-state index contributed by atoms with van der Waals surface area (Å²) in [6.07, 6.45) is 7.67. The number of aliphatic hydroxyl groups excluding tert-OH is 1. The highest BCUT2D eigenvalue weighted by Gasteiger charge is 2.35. The molecule has 1 fully saturated rings. The number of furan rings is 1. The van der Waals surface area contributed by atoms with Crippen molar-refractivity contribution in [1.29, 1.82) is 0 Å². The van der Waals surface area contributed by atoms with Gasteiger partial charge in [0.1, 0.15) is 11.6 Å². The largest absolute Gasteiger partial charge is 0.472 e. The molecule has 0 radical (unpaired) electrons. The van der Waals surface area contributed by atoms with Gasteiger partial charge in [0.25, 0.3) is 0 Å². The van der Waals surface area contributed by atoms with E-state index in [-0.39, 0.29) is 24.4 Å². The lowest BCUT2D eigenvalue weighted by atomic mass is 9.76. The van der Waals surface area contributed by atoms with Crippen molar-refractivity contribution in [2.75, 3.05) is 6.54 Å². The number of carbonyl (C=O) groups excluding carboxylic acids is 1. The van der Waals surface area contributed by atoms with Crippen molar-refractivity contribution in [1.82, 2.24) is 10.6 Å². The Bertz CT molecular complexity index is 1110. The van der Waals surface area contributed by atoms with Crippen LogP contribution in [0, 0.1) is 11.6 Å². The van der Waals surface area contributed by atoms with Crippen LogP contribution in [0.2, 0.25) is 0 Å². The third-order valence-electron chi connectivity index (χ3n) is 6.86. The maximum absolute atomic E-state index is 13.7. The van der Waals surface area contributed by atoms with Crippen molar-refractivity contribution in [2.24, 2.45) is 0 Å². The van der Waals surface area contributed by atoms with Crippen LogP contribution in [0.3, 0.4) is 0 Å². The van der Waals surface area contributed by atoms with Gasteiger partial charge in [0.2, 0.25) is 5.91 Å². The lowest BCUT2D eigenvalue weighted by Gasteiger charge is -2.40. The van der Waals surface area contributed by atoms with E-state index in [1.54, 1.807) is 12.5 Å². The normalized spacial score (nSPS) is 17.0. The summed E-state index contributed by atoms with van der Waals surface area (Å²) in [6.45, 7) is 1.59. The first-order valence-corrected chi connectivity index (χ1v) is 12.1. The van der Waals surface area contributed by atoms with E-state index in [4.69, 9.17) is 4.42 Å². The fourth-order valence-corrected chi connectivity index (χ4v) is 5.12. The van der Waals surface area contributed by atoms with E-state index in [9.17, 15) is 18.7 Å². The number of rotatable bonds is 9. The maximum Gasteiger partial charge on any atom is 0.217 e. The first kappa shape index (κ1) is 25.1. The number of aliphatic hydroxyl groups is 1. The van der Waals surface area contributed by atoms with Gasteiger partial charge in [0.05, 0.1) is 24.7 Å². The molecule has 0 saturated heterocycles. The highest BCUT2D eigenvalue weighted by atomic mass is 19.1. The summed E-state index contributed by atoms with van der Waals surface area (Å²) in [7, 11) is 0. The van der Waals surface area contributed by atoms with Gasteiger partial charge in [-0.3, -0.25) is 4.79 Å². The minimum atomic E-state index is -0.957. The van der Waals surface area contributed by atoms with Gasteiger partial charge in [0, 0.05) is 30.6 Å². The molecule has 3 aromatic rings. The first-order valence-electron chi connectivity index (χ1n) is 12.1. The molecule has 1 amide bonds. The topological polar surface area (TPSA) is 74.5 Å². The third-order valence-corrected chi connectivity index (χ3v) is 6.86. The van der Waals surface area contributed by atoms with Crippen LogP contribution in [0.1, 0.15) is 50.2 Å². The quantitative estimate of drug-likeness (QED) is 0.398. The van der Waals surface area contributed by atoms with Crippen LogP contribution in [0.4, 0.5) is 8.78 Å². The number of benzene rings is 2. The van der Waals surface area contributed by atoms with E-state index >= 15 is 0 Å². The highest BCUT2D eigenvalue weighted by molar-refractivity contribution is 5.73. The second kappa shape index (κ2) is 11.1. The molecule has 0 bridgehead atoms. The molecule has 186 valence electrons. The second-order valence-electron chi connectivity index (χ2n) is 9.47.